The van der Waals surface area contributed by atoms with Gasteiger partial charge in [0.25, 0.3) is 5.56 Å². The molecular weight excluding hydrogens is 436 g/mol. The van der Waals surface area contributed by atoms with Crippen LogP contribution in [0.25, 0.3) is 0 Å². The molecule has 2 fully saturated rings. The molecule has 1 saturated carbocycles. The molecule has 1 aliphatic carbocycles. The maximum absolute atomic E-state index is 13.2. The van der Waals surface area contributed by atoms with E-state index in [1.807, 2.05) is 0 Å². The Labute approximate surface area is 191 Å². The highest BCUT2D eigenvalue weighted by Gasteiger charge is 2.46. The first-order valence-electron chi connectivity index (χ1n) is 10.5. The number of methoxy groups -OCH3 is 1. The van der Waals surface area contributed by atoms with E-state index in [0.29, 0.717) is 32.6 Å². The summed E-state index contributed by atoms with van der Waals surface area (Å²) in [7, 11) is 3.23. The van der Waals surface area contributed by atoms with Gasteiger partial charge in [-0.2, -0.15) is 4.98 Å². The molecule has 0 bridgehead atoms. The van der Waals surface area contributed by atoms with Gasteiger partial charge in [-0.15, -0.1) is 0 Å². The Hall–Kier alpha value is -1.97. The highest BCUT2D eigenvalue weighted by molar-refractivity contribution is 7.99. The molecule has 0 aromatic carbocycles. The molecule has 0 unspecified atom stereocenters. The Morgan fingerprint density at radius 1 is 1.35 bits per heavy atom. The number of nitrogen functional groups attached to an aromatic ring is 1. The summed E-state index contributed by atoms with van der Waals surface area (Å²) in [6.45, 7) is 3.92. The van der Waals surface area contributed by atoms with Crippen LogP contribution in [0.4, 0.5) is 11.8 Å². The second-order valence-corrected chi connectivity index (χ2v) is 10.2. The Morgan fingerprint density at radius 3 is 2.68 bits per heavy atom. The Bertz CT molecular complexity index is 1040. The van der Waals surface area contributed by atoms with E-state index in [9.17, 15) is 4.79 Å². The average Bonchev–Trinajstić information content (AvgIpc) is 3.02. The summed E-state index contributed by atoms with van der Waals surface area (Å²) in [4.78, 5) is 24.9. The van der Waals surface area contributed by atoms with E-state index in [2.05, 4.69) is 21.8 Å². The lowest BCUT2D eigenvalue weighted by Gasteiger charge is -2.42. The summed E-state index contributed by atoms with van der Waals surface area (Å²) in [6, 6.07) is 1.98. The standard InChI is InChI=1S/C21H29ClN6O2S/c1-12-10-14(23)21(11-12)5-8-28(9-6-21)20-26-17(24)16(19(29)27(20)2)31-13-4-7-25-18(30-3)15(13)22/h4,7,12,14H,5-6,8-11,23-24H2,1-3H3/t12-,14+/m0/s1. The molecule has 31 heavy (non-hydrogen) atoms. The van der Waals surface area contributed by atoms with Gasteiger partial charge in [-0.25, -0.2) is 4.98 Å². The number of nitrogens with two attached hydrogens (primary N) is 2. The third-order valence-electron chi connectivity index (χ3n) is 6.72. The minimum Gasteiger partial charge on any atom is -0.480 e. The van der Waals surface area contributed by atoms with E-state index < -0.39 is 0 Å². The van der Waals surface area contributed by atoms with E-state index in [1.54, 1.807) is 23.9 Å². The van der Waals surface area contributed by atoms with Crippen LogP contribution < -0.4 is 26.7 Å². The first-order valence-corrected chi connectivity index (χ1v) is 11.7. The molecule has 2 aromatic rings. The summed E-state index contributed by atoms with van der Waals surface area (Å²) in [5, 5.41) is 0.337. The van der Waals surface area contributed by atoms with Crippen molar-refractivity contribution >= 4 is 35.1 Å². The summed E-state index contributed by atoms with van der Waals surface area (Å²) in [6.07, 6.45) is 5.88. The van der Waals surface area contributed by atoms with Gasteiger partial charge in [0.05, 0.1) is 7.11 Å². The maximum Gasteiger partial charge on any atom is 0.270 e. The normalized spacial score (nSPS) is 22.8. The van der Waals surface area contributed by atoms with Gasteiger partial charge in [-0.1, -0.05) is 30.3 Å². The first-order chi connectivity index (χ1) is 14.8. The predicted molar refractivity (Wildman–Crippen MR) is 124 cm³/mol. The summed E-state index contributed by atoms with van der Waals surface area (Å²) in [5.41, 5.74) is 12.7. The van der Waals surface area contributed by atoms with E-state index >= 15 is 0 Å². The lowest BCUT2D eigenvalue weighted by molar-refractivity contribution is 0.192. The van der Waals surface area contributed by atoms with Gasteiger partial charge in [0.2, 0.25) is 11.8 Å². The molecule has 2 aromatic heterocycles. The highest BCUT2D eigenvalue weighted by atomic mass is 35.5. The molecular formula is C21H29ClN6O2S. The molecule has 8 nitrogen and oxygen atoms in total. The Kier molecular flexibility index (Phi) is 6.11. The van der Waals surface area contributed by atoms with Gasteiger partial charge in [0.15, 0.2) is 0 Å². The average molecular weight is 465 g/mol. The van der Waals surface area contributed by atoms with E-state index in [0.717, 1.165) is 32.4 Å². The summed E-state index contributed by atoms with van der Waals surface area (Å²) >= 11 is 7.52. The minimum atomic E-state index is -0.203. The fourth-order valence-corrected chi connectivity index (χ4v) is 6.25. The molecule has 168 valence electrons. The van der Waals surface area contributed by atoms with Crippen molar-refractivity contribution in [1.82, 2.24) is 14.5 Å². The lowest BCUT2D eigenvalue weighted by Crippen LogP contribution is -2.48. The molecule has 3 heterocycles. The van der Waals surface area contributed by atoms with Crippen molar-refractivity contribution in [2.45, 2.75) is 48.4 Å². The molecule has 0 radical (unpaired) electrons. The van der Waals surface area contributed by atoms with E-state index in [4.69, 9.17) is 27.8 Å². The van der Waals surface area contributed by atoms with Crippen LogP contribution in [0, 0.1) is 11.3 Å². The monoisotopic (exact) mass is 464 g/mol. The third-order valence-corrected chi connectivity index (χ3v) is 8.34. The lowest BCUT2D eigenvalue weighted by atomic mass is 9.74. The topological polar surface area (TPSA) is 112 Å². The van der Waals surface area contributed by atoms with Crippen molar-refractivity contribution in [2.75, 3.05) is 30.8 Å². The number of anilines is 2. The predicted octanol–water partition coefficient (Wildman–Crippen LogP) is 2.91. The van der Waals surface area contributed by atoms with Crippen LogP contribution in [-0.4, -0.2) is 40.8 Å². The number of hydrogen-bond donors (Lipinski definition) is 2. The van der Waals surface area contributed by atoms with Gasteiger partial charge in [-0.3, -0.25) is 9.36 Å². The number of pyridine rings is 1. The van der Waals surface area contributed by atoms with Gasteiger partial charge >= 0.3 is 0 Å². The van der Waals surface area contributed by atoms with Crippen LogP contribution in [0.5, 0.6) is 5.88 Å². The fourth-order valence-electron chi connectivity index (χ4n) is 5.04. The number of ether oxygens (including phenoxy) is 1. The smallest absolute Gasteiger partial charge is 0.270 e. The van der Waals surface area contributed by atoms with Crippen LogP contribution >= 0.6 is 23.4 Å². The molecule has 4 N–H and O–H groups in total. The number of nitrogens with zero attached hydrogens (tertiary/aromatic N) is 4. The van der Waals surface area contributed by atoms with Crippen LogP contribution in [-0.2, 0) is 7.05 Å². The fraction of sp³-hybridized carbons (Fsp3) is 0.571. The quantitative estimate of drug-likeness (QED) is 0.710. The molecule has 2 aliphatic rings. The maximum atomic E-state index is 13.2. The molecule has 4 rings (SSSR count). The molecule has 1 saturated heterocycles. The molecule has 0 amide bonds. The van der Waals surface area contributed by atoms with Crippen LogP contribution in [0.15, 0.2) is 26.8 Å². The minimum absolute atomic E-state index is 0.196. The number of rotatable bonds is 4. The zero-order valence-electron chi connectivity index (χ0n) is 18.1. The van der Waals surface area contributed by atoms with Crippen LogP contribution in [0.2, 0.25) is 5.02 Å². The number of piperidine rings is 1. The second kappa shape index (κ2) is 8.52. The van der Waals surface area contributed by atoms with Crippen molar-refractivity contribution < 1.29 is 4.74 Å². The van der Waals surface area contributed by atoms with E-state index in [-0.39, 0.29) is 22.8 Å². The first kappa shape index (κ1) is 22.2. The van der Waals surface area contributed by atoms with Gasteiger partial charge in [0, 0.05) is 37.3 Å². The number of hydrogen-bond acceptors (Lipinski definition) is 8. The van der Waals surface area contributed by atoms with Gasteiger partial charge in [-0.05, 0) is 43.1 Å². The second-order valence-electron chi connectivity index (χ2n) is 8.73. The zero-order chi connectivity index (χ0) is 22.3. The number of aromatic nitrogens is 3. The van der Waals surface area contributed by atoms with Crippen molar-refractivity contribution in [3.63, 3.8) is 0 Å². The van der Waals surface area contributed by atoms with Crippen LogP contribution in [0.1, 0.15) is 32.6 Å². The zero-order valence-corrected chi connectivity index (χ0v) is 19.7. The highest BCUT2D eigenvalue weighted by Crippen LogP contribution is 2.48. The SMILES string of the molecule is COc1nccc(Sc2c(N)nc(N3CCC4(CC3)C[C@@H](C)C[C@H]4N)n(C)c2=O)c1Cl. The van der Waals surface area contributed by atoms with Crippen molar-refractivity contribution in [1.29, 1.82) is 0 Å². The molecule has 1 aliphatic heterocycles. The van der Waals surface area contributed by atoms with Crippen LogP contribution in [0.3, 0.4) is 0 Å². The summed E-state index contributed by atoms with van der Waals surface area (Å²) < 4.78 is 6.73. The number of halogens is 1. The van der Waals surface area contributed by atoms with Crippen molar-refractivity contribution in [3.05, 3.63) is 27.6 Å². The molecule has 2 atom stereocenters. The largest absolute Gasteiger partial charge is 0.480 e. The summed E-state index contributed by atoms with van der Waals surface area (Å²) in [5.74, 6) is 1.77. The third kappa shape index (κ3) is 3.99. The van der Waals surface area contributed by atoms with Gasteiger partial charge < -0.3 is 21.1 Å². The van der Waals surface area contributed by atoms with Crippen molar-refractivity contribution in [3.8, 4) is 5.88 Å². The molecule has 10 heteroatoms. The van der Waals surface area contributed by atoms with E-state index in [1.165, 1.54) is 25.3 Å². The molecule has 1 spiro atoms. The Morgan fingerprint density at radius 2 is 2.06 bits per heavy atom. The Balaban J connectivity index is 1.58. The van der Waals surface area contributed by atoms with Gasteiger partial charge in [0.1, 0.15) is 15.7 Å². The van der Waals surface area contributed by atoms with Crippen molar-refractivity contribution in [2.24, 2.45) is 24.1 Å².